The monoisotopic (exact) mass is 303 g/mol. The van der Waals surface area contributed by atoms with E-state index in [1.165, 1.54) is 0 Å². The van der Waals surface area contributed by atoms with Crippen LogP contribution in [0.15, 0.2) is 18.2 Å². The lowest BCUT2D eigenvalue weighted by molar-refractivity contribution is -0.142. The third kappa shape index (κ3) is 3.75. The van der Waals surface area contributed by atoms with Crippen molar-refractivity contribution in [2.45, 2.75) is 13.0 Å². The molecule has 0 radical (unpaired) electrons. The highest BCUT2D eigenvalue weighted by Crippen LogP contribution is 2.27. The molecule has 0 bridgehead atoms. The van der Waals surface area contributed by atoms with E-state index in [-0.39, 0.29) is 5.91 Å². The van der Waals surface area contributed by atoms with Crippen LogP contribution in [0.25, 0.3) is 0 Å². The van der Waals surface area contributed by atoms with E-state index in [0.717, 1.165) is 0 Å². The number of benzene rings is 1. The molecular formula is C13H15Cl2NO3. The van der Waals surface area contributed by atoms with Gasteiger partial charge < -0.3 is 14.4 Å². The maximum Gasteiger partial charge on any atom is 0.263 e. The van der Waals surface area contributed by atoms with Crippen molar-refractivity contribution in [2.24, 2.45) is 0 Å². The zero-order valence-corrected chi connectivity index (χ0v) is 12.1. The van der Waals surface area contributed by atoms with Gasteiger partial charge in [0.05, 0.1) is 23.3 Å². The number of carbonyl (C=O) groups excluding carboxylic acids is 1. The first-order chi connectivity index (χ1) is 9.08. The van der Waals surface area contributed by atoms with Crippen molar-refractivity contribution in [2.75, 3.05) is 26.3 Å². The van der Waals surface area contributed by atoms with Gasteiger partial charge >= 0.3 is 0 Å². The lowest BCUT2D eigenvalue weighted by atomic mass is 10.3. The Morgan fingerprint density at radius 2 is 2.00 bits per heavy atom. The van der Waals surface area contributed by atoms with Gasteiger partial charge in [-0.1, -0.05) is 23.2 Å². The minimum Gasteiger partial charge on any atom is -0.481 e. The second-order valence-electron chi connectivity index (χ2n) is 4.27. The van der Waals surface area contributed by atoms with E-state index in [0.29, 0.717) is 42.1 Å². The molecule has 0 aliphatic carbocycles. The van der Waals surface area contributed by atoms with Gasteiger partial charge in [0.25, 0.3) is 5.91 Å². The van der Waals surface area contributed by atoms with Crippen LogP contribution in [0.2, 0.25) is 10.0 Å². The van der Waals surface area contributed by atoms with Crippen molar-refractivity contribution in [1.82, 2.24) is 4.90 Å². The van der Waals surface area contributed by atoms with Crippen LogP contribution in [0, 0.1) is 0 Å². The molecule has 1 aliphatic rings. The molecule has 0 saturated carbocycles. The smallest absolute Gasteiger partial charge is 0.263 e. The van der Waals surface area contributed by atoms with Crippen LogP contribution in [0.3, 0.4) is 0 Å². The molecule has 19 heavy (non-hydrogen) atoms. The van der Waals surface area contributed by atoms with Crippen molar-refractivity contribution in [3.63, 3.8) is 0 Å². The van der Waals surface area contributed by atoms with E-state index in [1.54, 1.807) is 30.0 Å². The summed E-state index contributed by atoms with van der Waals surface area (Å²) >= 11 is 11.7. The lowest BCUT2D eigenvalue weighted by Crippen LogP contribution is -2.46. The minimum absolute atomic E-state index is 0.0469. The van der Waals surface area contributed by atoms with Gasteiger partial charge in [0.15, 0.2) is 6.10 Å². The summed E-state index contributed by atoms with van der Waals surface area (Å²) in [6.07, 6.45) is -0.560. The standard InChI is InChI=1S/C13H15Cl2NO3/c1-9(13(17)16-4-6-18-7-5-16)19-10-2-3-11(14)12(15)8-10/h2-3,8-9H,4-7H2,1H3. The normalized spacial score (nSPS) is 17.1. The summed E-state index contributed by atoms with van der Waals surface area (Å²) in [4.78, 5) is 13.9. The first-order valence-corrected chi connectivity index (χ1v) is 6.82. The van der Waals surface area contributed by atoms with Gasteiger partial charge in [-0.25, -0.2) is 0 Å². The predicted octanol–water partition coefficient (Wildman–Crippen LogP) is 2.62. The maximum absolute atomic E-state index is 12.1. The number of ether oxygens (including phenoxy) is 2. The molecule has 1 atom stereocenters. The summed E-state index contributed by atoms with van der Waals surface area (Å²) in [7, 11) is 0. The van der Waals surface area contributed by atoms with Gasteiger partial charge in [-0.2, -0.15) is 0 Å². The molecule has 1 fully saturated rings. The van der Waals surface area contributed by atoms with Gasteiger partial charge in [-0.3, -0.25) is 4.79 Å². The highest BCUT2D eigenvalue weighted by Gasteiger charge is 2.23. The Morgan fingerprint density at radius 3 is 2.63 bits per heavy atom. The van der Waals surface area contributed by atoms with E-state index < -0.39 is 6.10 Å². The molecular weight excluding hydrogens is 289 g/mol. The lowest BCUT2D eigenvalue weighted by Gasteiger charge is -2.29. The van der Waals surface area contributed by atoms with E-state index in [4.69, 9.17) is 32.7 Å². The molecule has 1 unspecified atom stereocenters. The summed E-state index contributed by atoms with van der Waals surface area (Å²) < 4.78 is 10.8. The second-order valence-corrected chi connectivity index (χ2v) is 5.09. The fourth-order valence-electron chi connectivity index (χ4n) is 1.85. The molecule has 0 spiro atoms. The first-order valence-electron chi connectivity index (χ1n) is 6.06. The predicted molar refractivity (Wildman–Crippen MR) is 74.0 cm³/mol. The number of hydrogen-bond donors (Lipinski definition) is 0. The summed E-state index contributed by atoms with van der Waals surface area (Å²) in [6.45, 7) is 4.08. The number of amides is 1. The van der Waals surface area contributed by atoms with Crippen molar-refractivity contribution in [3.05, 3.63) is 28.2 Å². The third-order valence-corrected chi connectivity index (χ3v) is 3.61. The van der Waals surface area contributed by atoms with Crippen molar-refractivity contribution >= 4 is 29.1 Å². The third-order valence-electron chi connectivity index (χ3n) is 2.87. The maximum atomic E-state index is 12.1. The molecule has 4 nitrogen and oxygen atoms in total. The highest BCUT2D eigenvalue weighted by atomic mass is 35.5. The van der Waals surface area contributed by atoms with Crippen LogP contribution < -0.4 is 4.74 Å². The minimum atomic E-state index is -0.560. The number of carbonyl (C=O) groups is 1. The number of halogens is 2. The molecule has 1 saturated heterocycles. The van der Waals surface area contributed by atoms with Crippen molar-refractivity contribution in [1.29, 1.82) is 0 Å². The number of nitrogens with zero attached hydrogens (tertiary/aromatic N) is 1. The molecule has 6 heteroatoms. The van der Waals surface area contributed by atoms with E-state index in [9.17, 15) is 4.79 Å². The highest BCUT2D eigenvalue weighted by molar-refractivity contribution is 6.42. The Labute approximate surface area is 122 Å². The molecule has 1 aliphatic heterocycles. The van der Waals surface area contributed by atoms with Crippen molar-refractivity contribution in [3.8, 4) is 5.75 Å². The molecule has 1 aromatic rings. The average Bonchev–Trinajstić information content (AvgIpc) is 2.43. The summed E-state index contributed by atoms with van der Waals surface area (Å²) in [5.41, 5.74) is 0. The molecule has 1 aromatic carbocycles. The Hall–Kier alpha value is -0.970. The first kappa shape index (κ1) is 14.4. The van der Waals surface area contributed by atoms with Gasteiger partial charge in [0.1, 0.15) is 5.75 Å². The number of morpholine rings is 1. The van der Waals surface area contributed by atoms with Crippen LogP contribution in [-0.2, 0) is 9.53 Å². The fourth-order valence-corrected chi connectivity index (χ4v) is 2.13. The number of rotatable bonds is 3. The van der Waals surface area contributed by atoms with Gasteiger partial charge in [0, 0.05) is 19.2 Å². The van der Waals surface area contributed by atoms with Gasteiger partial charge in [-0.05, 0) is 19.1 Å². The zero-order valence-electron chi connectivity index (χ0n) is 10.6. The van der Waals surface area contributed by atoms with Crippen LogP contribution in [0.4, 0.5) is 0 Å². The Bertz CT molecular complexity index is 461. The molecule has 1 heterocycles. The van der Waals surface area contributed by atoms with Crippen LogP contribution in [-0.4, -0.2) is 43.2 Å². The molecule has 0 N–H and O–H groups in total. The van der Waals surface area contributed by atoms with Crippen LogP contribution >= 0.6 is 23.2 Å². The summed E-state index contributed by atoms with van der Waals surface area (Å²) in [5.74, 6) is 0.484. The average molecular weight is 304 g/mol. The Kier molecular flexibility index (Phi) is 4.91. The molecule has 2 rings (SSSR count). The van der Waals surface area contributed by atoms with Crippen LogP contribution in [0.1, 0.15) is 6.92 Å². The van der Waals surface area contributed by atoms with E-state index in [1.807, 2.05) is 0 Å². The van der Waals surface area contributed by atoms with Crippen LogP contribution in [0.5, 0.6) is 5.75 Å². The largest absolute Gasteiger partial charge is 0.481 e. The zero-order chi connectivity index (χ0) is 13.8. The Morgan fingerprint density at radius 1 is 1.32 bits per heavy atom. The van der Waals surface area contributed by atoms with E-state index in [2.05, 4.69) is 0 Å². The number of hydrogen-bond acceptors (Lipinski definition) is 3. The molecule has 104 valence electrons. The summed E-state index contributed by atoms with van der Waals surface area (Å²) in [5, 5.41) is 0.867. The molecule has 1 amide bonds. The second kappa shape index (κ2) is 6.46. The fraction of sp³-hybridized carbons (Fsp3) is 0.462. The van der Waals surface area contributed by atoms with Crippen molar-refractivity contribution < 1.29 is 14.3 Å². The topological polar surface area (TPSA) is 38.8 Å². The SMILES string of the molecule is CC(Oc1ccc(Cl)c(Cl)c1)C(=O)N1CCOCC1. The van der Waals surface area contributed by atoms with Gasteiger partial charge in [-0.15, -0.1) is 0 Å². The molecule has 0 aromatic heterocycles. The quantitative estimate of drug-likeness (QED) is 0.861. The Balaban J connectivity index is 1.97. The van der Waals surface area contributed by atoms with Gasteiger partial charge in [0.2, 0.25) is 0 Å². The summed E-state index contributed by atoms with van der Waals surface area (Å²) in [6, 6.07) is 4.94. The van der Waals surface area contributed by atoms with E-state index >= 15 is 0 Å².